The van der Waals surface area contributed by atoms with Gasteiger partial charge in [-0.2, -0.15) is 0 Å². The van der Waals surface area contributed by atoms with Crippen molar-refractivity contribution in [2.24, 2.45) is 0 Å². The third kappa shape index (κ3) is 7.62. The standard InChI is InChI=1S/C27H35Cl2N3O4S/c1-18-9-8-12-25(19(18)2)32(37(4,35)36)17-26(33)31(16-21-13-14-22(28)15-24(21)29)20(3)27(34)30-23-10-6-5-7-11-23/h8-9,12-15,20,23H,5-7,10-11,16-17H2,1-4H3,(H,30,34). The van der Waals surface area contributed by atoms with Crippen LogP contribution in [0.4, 0.5) is 5.69 Å². The van der Waals surface area contributed by atoms with Gasteiger partial charge >= 0.3 is 0 Å². The van der Waals surface area contributed by atoms with E-state index in [0.717, 1.165) is 53.8 Å². The molecule has 0 spiro atoms. The number of sulfonamides is 1. The van der Waals surface area contributed by atoms with Crippen LogP contribution >= 0.6 is 23.2 Å². The number of hydrogen-bond donors (Lipinski definition) is 1. The summed E-state index contributed by atoms with van der Waals surface area (Å²) in [7, 11) is -3.80. The number of carbonyl (C=O) groups is 2. The summed E-state index contributed by atoms with van der Waals surface area (Å²) in [5.74, 6) is -0.786. The lowest BCUT2D eigenvalue weighted by Gasteiger charge is -2.33. The van der Waals surface area contributed by atoms with Gasteiger partial charge in [0.1, 0.15) is 12.6 Å². The van der Waals surface area contributed by atoms with Crippen LogP contribution in [0.3, 0.4) is 0 Å². The molecule has 7 nitrogen and oxygen atoms in total. The Hall–Kier alpha value is -2.29. The van der Waals surface area contributed by atoms with E-state index in [1.165, 1.54) is 4.90 Å². The maximum Gasteiger partial charge on any atom is 0.244 e. The van der Waals surface area contributed by atoms with Crippen LogP contribution < -0.4 is 9.62 Å². The van der Waals surface area contributed by atoms with Gasteiger partial charge in [-0.05, 0) is 68.5 Å². The van der Waals surface area contributed by atoms with Gasteiger partial charge in [0.25, 0.3) is 0 Å². The van der Waals surface area contributed by atoms with Gasteiger partial charge in [-0.1, -0.05) is 60.7 Å². The van der Waals surface area contributed by atoms with Gasteiger partial charge in [-0.25, -0.2) is 8.42 Å². The fraction of sp³-hybridized carbons (Fsp3) is 0.481. The molecule has 1 N–H and O–H groups in total. The fourth-order valence-electron chi connectivity index (χ4n) is 4.59. The van der Waals surface area contributed by atoms with Crippen LogP contribution in [0.2, 0.25) is 10.0 Å². The molecule has 0 aromatic heterocycles. The minimum absolute atomic E-state index is 0.0263. The first-order valence-electron chi connectivity index (χ1n) is 12.5. The van der Waals surface area contributed by atoms with Gasteiger partial charge in [-0.15, -0.1) is 0 Å². The molecule has 0 saturated heterocycles. The lowest BCUT2D eigenvalue weighted by atomic mass is 9.95. The minimum Gasteiger partial charge on any atom is -0.352 e. The SMILES string of the molecule is Cc1cccc(N(CC(=O)N(Cc2ccc(Cl)cc2Cl)C(C)C(=O)NC2CCCCC2)S(C)(=O)=O)c1C. The lowest BCUT2D eigenvalue weighted by molar-refractivity contribution is -0.139. The number of rotatable bonds is 9. The van der Waals surface area contributed by atoms with Crippen molar-refractivity contribution < 1.29 is 18.0 Å². The van der Waals surface area contributed by atoms with Gasteiger partial charge in [0, 0.05) is 22.6 Å². The summed E-state index contributed by atoms with van der Waals surface area (Å²) in [6.45, 7) is 4.93. The van der Waals surface area contributed by atoms with Crippen molar-refractivity contribution in [2.75, 3.05) is 17.1 Å². The van der Waals surface area contributed by atoms with E-state index in [4.69, 9.17) is 23.2 Å². The highest BCUT2D eigenvalue weighted by molar-refractivity contribution is 7.92. The first-order chi connectivity index (χ1) is 17.4. The minimum atomic E-state index is -3.80. The molecule has 2 amide bonds. The second-order valence-electron chi connectivity index (χ2n) is 9.77. The third-order valence-corrected chi connectivity index (χ3v) is 8.71. The zero-order valence-electron chi connectivity index (χ0n) is 21.8. The van der Waals surface area contributed by atoms with Crippen LogP contribution in [0.1, 0.15) is 55.7 Å². The Morgan fingerprint density at radius 3 is 2.38 bits per heavy atom. The summed E-state index contributed by atoms with van der Waals surface area (Å²) in [6.07, 6.45) is 6.15. The largest absolute Gasteiger partial charge is 0.352 e. The first-order valence-corrected chi connectivity index (χ1v) is 15.1. The van der Waals surface area contributed by atoms with Crippen molar-refractivity contribution in [1.29, 1.82) is 0 Å². The second-order valence-corrected chi connectivity index (χ2v) is 12.5. The van der Waals surface area contributed by atoms with Gasteiger partial charge in [0.15, 0.2) is 0 Å². The summed E-state index contributed by atoms with van der Waals surface area (Å²) in [5, 5.41) is 3.89. The van der Waals surface area contributed by atoms with Gasteiger partial charge in [0.05, 0.1) is 11.9 Å². The normalized spacial score (nSPS) is 15.2. The van der Waals surface area contributed by atoms with E-state index >= 15 is 0 Å². The number of nitrogens with zero attached hydrogens (tertiary/aromatic N) is 2. The molecular weight excluding hydrogens is 533 g/mol. The van der Waals surface area contributed by atoms with Crippen LogP contribution in [0, 0.1) is 13.8 Å². The van der Waals surface area contributed by atoms with Crippen molar-refractivity contribution in [3.8, 4) is 0 Å². The van der Waals surface area contributed by atoms with E-state index in [9.17, 15) is 18.0 Å². The summed E-state index contributed by atoms with van der Waals surface area (Å²) < 4.78 is 26.7. The summed E-state index contributed by atoms with van der Waals surface area (Å²) in [5.41, 5.74) is 2.70. The molecule has 1 saturated carbocycles. The number of anilines is 1. The molecule has 0 bridgehead atoms. The molecule has 202 valence electrons. The van der Waals surface area contributed by atoms with Crippen molar-refractivity contribution >= 4 is 50.7 Å². The Kier molecular flexibility index (Phi) is 9.89. The number of carbonyl (C=O) groups excluding carboxylic acids is 2. The van der Waals surface area contributed by atoms with E-state index in [2.05, 4.69) is 5.32 Å². The average molecular weight is 569 g/mol. The molecular formula is C27H35Cl2N3O4S. The van der Waals surface area contributed by atoms with Gasteiger partial charge in [-0.3, -0.25) is 13.9 Å². The second kappa shape index (κ2) is 12.5. The quantitative estimate of drug-likeness (QED) is 0.448. The third-order valence-electron chi connectivity index (χ3n) is 7.00. The van der Waals surface area contributed by atoms with E-state index in [1.54, 1.807) is 37.3 Å². The average Bonchev–Trinajstić information content (AvgIpc) is 2.83. The van der Waals surface area contributed by atoms with Crippen LogP contribution in [0.15, 0.2) is 36.4 Å². The van der Waals surface area contributed by atoms with Crippen molar-refractivity contribution in [1.82, 2.24) is 10.2 Å². The van der Waals surface area contributed by atoms with Crippen LogP contribution in [0.25, 0.3) is 0 Å². The molecule has 37 heavy (non-hydrogen) atoms. The van der Waals surface area contributed by atoms with Crippen molar-refractivity contribution in [3.63, 3.8) is 0 Å². The molecule has 1 fully saturated rings. The highest BCUT2D eigenvalue weighted by Gasteiger charge is 2.32. The Morgan fingerprint density at radius 2 is 1.76 bits per heavy atom. The maximum atomic E-state index is 13.8. The van der Waals surface area contributed by atoms with E-state index < -0.39 is 28.5 Å². The molecule has 10 heteroatoms. The Labute approximate surface area is 230 Å². The molecule has 1 aliphatic carbocycles. The molecule has 1 aliphatic rings. The summed E-state index contributed by atoms with van der Waals surface area (Å²) >= 11 is 12.5. The number of amides is 2. The van der Waals surface area contributed by atoms with E-state index in [-0.39, 0.29) is 18.5 Å². The zero-order valence-corrected chi connectivity index (χ0v) is 24.1. The number of halogens is 2. The predicted octanol–water partition coefficient (Wildman–Crippen LogP) is 5.24. The lowest BCUT2D eigenvalue weighted by Crippen LogP contribution is -2.53. The van der Waals surface area contributed by atoms with Gasteiger partial charge < -0.3 is 10.2 Å². The van der Waals surface area contributed by atoms with E-state index in [1.807, 2.05) is 19.9 Å². The van der Waals surface area contributed by atoms with Gasteiger partial charge in [0.2, 0.25) is 21.8 Å². The first kappa shape index (κ1) is 29.3. The molecule has 0 aliphatic heterocycles. The smallest absolute Gasteiger partial charge is 0.244 e. The number of benzene rings is 2. The molecule has 2 aromatic carbocycles. The van der Waals surface area contributed by atoms with Crippen LogP contribution in [-0.2, 0) is 26.2 Å². The highest BCUT2D eigenvalue weighted by atomic mass is 35.5. The fourth-order valence-corrected chi connectivity index (χ4v) is 5.95. The topological polar surface area (TPSA) is 86.8 Å². The molecule has 3 rings (SSSR count). The molecule has 0 heterocycles. The predicted molar refractivity (Wildman–Crippen MR) is 150 cm³/mol. The number of nitrogens with one attached hydrogen (secondary N) is 1. The highest BCUT2D eigenvalue weighted by Crippen LogP contribution is 2.27. The number of aryl methyl sites for hydroxylation is 1. The maximum absolute atomic E-state index is 13.8. The monoisotopic (exact) mass is 567 g/mol. The number of hydrogen-bond acceptors (Lipinski definition) is 4. The zero-order chi connectivity index (χ0) is 27.3. The molecule has 0 radical (unpaired) electrons. The Morgan fingerprint density at radius 1 is 1.08 bits per heavy atom. The van der Waals surface area contributed by atoms with Crippen LogP contribution in [-0.4, -0.2) is 50.0 Å². The van der Waals surface area contributed by atoms with E-state index in [0.29, 0.717) is 21.3 Å². The Bertz CT molecular complexity index is 1250. The molecule has 2 aromatic rings. The van der Waals surface area contributed by atoms with Crippen LogP contribution in [0.5, 0.6) is 0 Å². The Balaban J connectivity index is 1.93. The summed E-state index contributed by atoms with van der Waals surface area (Å²) in [6, 6.07) is 9.48. The van der Waals surface area contributed by atoms with Crippen molar-refractivity contribution in [3.05, 3.63) is 63.1 Å². The molecule has 1 atom stereocenters. The van der Waals surface area contributed by atoms with Crippen molar-refractivity contribution in [2.45, 2.75) is 71.5 Å². The summed E-state index contributed by atoms with van der Waals surface area (Å²) in [4.78, 5) is 28.4. The molecule has 1 unspecified atom stereocenters.